The number of alkyl halides is 4. The van der Waals surface area contributed by atoms with E-state index in [1.165, 1.54) is 0 Å². The monoisotopic (exact) mass is 276 g/mol. The second kappa shape index (κ2) is 12.9. The molecule has 0 amide bonds. The van der Waals surface area contributed by atoms with Crippen molar-refractivity contribution in [2.75, 3.05) is 0 Å². The van der Waals surface area contributed by atoms with E-state index in [0.29, 0.717) is 0 Å². The minimum atomic E-state index is -5.17. The van der Waals surface area contributed by atoms with Crippen LogP contribution in [0.3, 0.4) is 0 Å². The fraction of sp³-hybridized carbons (Fsp3) is 1.00. The molecule has 0 spiro atoms. The predicted molar refractivity (Wildman–Crippen MR) is 22.5 cm³/mol. The summed E-state index contributed by atoms with van der Waals surface area (Å²) in [5, 5.41) is 0. The summed E-state index contributed by atoms with van der Waals surface area (Å²) < 4.78 is 75.7. The third-order valence-electron chi connectivity index (χ3n) is 0.190. The van der Waals surface area contributed by atoms with Crippen LogP contribution in [0, 0.1) is 0 Å². The van der Waals surface area contributed by atoms with E-state index in [2.05, 4.69) is 0 Å². The van der Waals surface area contributed by atoms with Gasteiger partial charge in [0, 0.05) is 10.4 Å². The molecule has 0 aromatic heterocycles. The summed E-state index contributed by atoms with van der Waals surface area (Å²) in [5.74, 6) is 0. The van der Waals surface area contributed by atoms with Gasteiger partial charge in [-0.1, -0.05) is 0 Å². The van der Waals surface area contributed by atoms with Crippen LogP contribution in [0.5, 0.6) is 0 Å². The Hall–Kier alpha value is 2.86. The molecule has 0 aromatic carbocycles. The summed E-state index contributed by atoms with van der Waals surface area (Å²) in [5.41, 5.74) is 0. The first-order valence-electron chi connectivity index (χ1n) is 1.87. The van der Waals surface area contributed by atoms with Crippen molar-refractivity contribution in [2.45, 2.75) is 12.9 Å². The molecule has 0 bridgehead atoms. The van der Waals surface area contributed by atoms with Crippen LogP contribution in [0.25, 0.3) is 0 Å². The van der Waals surface area contributed by atoms with E-state index in [1.54, 1.807) is 0 Å². The van der Waals surface area contributed by atoms with Gasteiger partial charge in [0.1, 0.15) is 0 Å². The van der Waals surface area contributed by atoms with E-state index in [9.17, 15) is 17.6 Å². The largest absolute Gasteiger partial charge is 1.00 e. The SMILES string of the molecule is FC(F)C(F)F.O=S(=O)([O-])[O-].[K+].[K+]. The van der Waals surface area contributed by atoms with Crippen molar-refractivity contribution >= 4 is 10.4 Å². The maximum atomic E-state index is 10.4. The van der Waals surface area contributed by atoms with Gasteiger partial charge in [0.2, 0.25) is 0 Å². The molecule has 0 aromatic rings. The molecule has 0 N–H and O–H groups in total. The van der Waals surface area contributed by atoms with Gasteiger partial charge in [-0.25, -0.2) is 17.6 Å². The van der Waals surface area contributed by atoms with E-state index >= 15 is 0 Å². The minimum absolute atomic E-state index is 0. The topological polar surface area (TPSA) is 80.3 Å². The first kappa shape index (κ1) is 24.9. The molecule has 0 aliphatic heterocycles. The van der Waals surface area contributed by atoms with Gasteiger partial charge in [0.15, 0.2) is 0 Å². The maximum absolute atomic E-state index is 10.4. The van der Waals surface area contributed by atoms with Gasteiger partial charge in [0.25, 0.3) is 12.9 Å². The smallest absolute Gasteiger partial charge is 0.759 e. The number of hydrogen-bond donors (Lipinski definition) is 0. The van der Waals surface area contributed by atoms with E-state index in [0.717, 1.165) is 0 Å². The summed E-state index contributed by atoms with van der Waals surface area (Å²) >= 11 is 0. The van der Waals surface area contributed by atoms with Crippen LogP contribution in [0.2, 0.25) is 0 Å². The fourth-order valence-electron chi connectivity index (χ4n) is 0. The van der Waals surface area contributed by atoms with Crippen molar-refractivity contribution in [3.05, 3.63) is 0 Å². The number of rotatable bonds is 1. The molecule has 4 nitrogen and oxygen atoms in total. The average molecular weight is 276 g/mol. The molecule has 11 heteroatoms. The predicted octanol–water partition coefficient (Wildman–Crippen LogP) is -5.81. The minimum Gasteiger partial charge on any atom is -0.759 e. The molecule has 0 rings (SSSR count). The third-order valence-corrected chi connectivity index (χ3v) is 0.190. The molecule has 0 radical (unpaired) electrons. The Morgan fingerprint density at radius 2 is 0.923 bits per heavy atom. The Morgan fingerprint density at radius 3 is 0.923 bits per heavy atom. The van der Waals surface area contributed by atoms with Crippen LogP contribution in [0.4, 0.5) is 17.6 Å². The molecular weight excluding hydrogens is 274 g/mol. The van der Waals surface area contributed by atoms with Crippen molar-refractivity contribution in [1.29, 1.82) is 0 Å². The molecular formula is C2H2F4K2O4S. The Balaban J connectivity index is -0.0000000546. The molecule has 13 heavy (non-hydrogen) atoms. The molecule has 70 valence electrons. The van der Waals surface area contributed by atoms with Crippen LogP contribution in [-0.4, -0.2) is 30.4 Å². The van der Waals surface area contributed by atoms with Gasteiger partial charge in [0.05, 0.1) is 0 Å². The molecule has 0 fully saturated rings. The van der Waals surface area contributed by atoms with Crippen LogP contribution in [-0.2, 0) is 10.4 Å². The second-order valence-electron chi connectivity index (χ2n) is 1.08. The second-order valence-corrected chi connectivity index (χ2v) is 1.89. The normalized spacial score (nSPS) is 9.54. The fourth-order valence-corrected chi connectivity index (χ4v) is 0. The molecule has 0 unspecified atom stereocenters. The van der Waals surface area contributed by atoms with Gasteiger partial charge in [-0.05, 0) is 0 Å². The Bertz CT molecular complexity index is 169. The van der Waals surface area contributed by atoms with Gasteiger partial charge in [-0.2, -0.15) is 0 Å². The van der Waals surface area contributed by atoms with E-state index in [4.69, 9.17) is 17.5 Å². The summed E-state index contributed by atoms with van der Waals surface area (Å²) in [6, 6.07) is 0. The zero-order valence-corrected chi connectivity index (χ0v) is 13.8. The van der Waals surface area contributed by atoms with Crippen LogP contribution < -0.4 is 103 Å². The summed E-state index contributed by atoms with van der Waals surface area (Å²) in [6.07, 6.45) is -6.96. The van der Waals surface area contributed by atoms with E-state index in [1.807, 2.05) is 0 Å². The maximum Gasteiger partial charge on any atom is 1.00 e. The van der Waals surface area contributed by atoms with Crippen molar-refractivity contribution in [2.24, 2.45) is 0 Å². The average Bonchev–Trinajstić information content (AvgIpc) is 1.59. The molecule has 0 aliphatic carbocycles. The molecule has 0 aliphatic rings. The Kier molecular flexibility index (Phi) is 24.8. The number of halogens is 4. The molecule has 0 saturated heterocycles. The number of hydrogen-bond acceptors (Lipinski definition) is 4. The standard InChI is InChI=1S/C2H2F4.2K.H2O4S/c3-1(4)2(5)6;;;1-5(2,3)4/h1-2H;;;(H2,1,2,3,4)/q;2*+1;/p-2. The first-order valence-corrected chi connectivity index (χ1v) is 3.21. The molecule has 0 heterocycles. The molecule has 0 saturated carbocycles. The van der Waals surface area contributed by atoms with Gasteiger partial charge >= 0.3 is 103 Å². The van der Waals surface area contributed by atoms with Gasteiger partial charge < -0.3 is 9.11 Å². The van der Waals surface area contributed by atoms with Crippen LogP contribution in [0.15, 0.2) is 0 Å². The summed E-state index contributed by atoms with van der Waals surface area (Å²) in [4.78, 5) is 0. The summed E-state index contributed by atoms with van der Waals surface area (Å²) in [7, 11) is -5.17. The molecule has 0 atom stereocenters. The van der Waals surface area contributed by atoms with E-state index in [-0.39, 0.29) is 103 Å². The van der Waals surface area contributed by atoms with Crippen molar-refractivity contribution in [3.63, 3.8) is 0 Å². The first-order chi connectivity index (χ1) is 4.64. The van der Waals surface area contributed by atoms with E-state index < -0.39 is 23.2 Å². The van der Waals surface area contributed by atoms with Crippen LogP contribution in [0.1, 0.15) is 0 Å². The zero-order valence-electron chi connectivity index (χ0n) is 6.71. The Labute approximate surface area is 157 Å². The third kappa shape index (κ3) is 52.2. The van der Waals surface area contributed by atoms with Gasteiger partial charge in [-0.3, -0.25) is 8.42 Å². The van der Waals surface area contributed by atoms with Crippen molar-refractivity contribution < 1.29 is 138 Å². The zero-order chi connectivity index (χ0) is 9.65. The van der Waals surface area contributed by atoms with Crippen molar-refractivity contribution in [1.82, 2.24) is 0 Å². The Morgan fingerprint density at radius 1 is 0.846 bits per heavy atom. The van der Waals surface area contributed by atoms with Gasteiger partial charge in [-0.15, -0.1) is 0 Å². The summed E-state index contributed by atoms with van der Waals surface area (Å²) in [6.45, 7) is 0. The van der Waals surface area contributed by atoms with Crippen LogP contribution >= 0.6 is 0 Å². The van der Waals surface area contributed by atoms with Crippen molar-refractivity contribution in [3.8, 4) is 0 Å². The quantitative estimate of drug-likeness (QED) is 0.207.